The molecule has 5 heteroatoms. The molecular formula is C9H11N3O2. The number of nitrogens with one attached hydrogen (secondary N) is 2. The highest BCUT2D eigenvalue weighted by atomic mass is 16.5. The third-order valence-electron chi connectivity index (χ3n) is 2.23. The summed E-state index contributed by atoms with van der Waals surface area (Å²) in [5.41, 5.74) is 5.99. The predicted molar refractivity (Wildman–Crippen MR) is 50.3 cm³/mol. The summed E-state index contributed by atoms with van der Waals surface area (Å²) in [7, 11) is 0. The van der Waals surface area contributed by atoms with Crippen LogP contribution in [-0.2, 0) is 6.42 Å². The number of hydrogen-bond acceptors (Lipinski definition) is 5. The molecule has 74 valence electrons. The van der Waals surface area contributed by atoms with Gasteiger partial charge >= 0.3 is 0 Å². The van der Waals surface area contributed by atoms with Crippen molar-refractivity contribution in [2.24, 2.45) is 4.99 Å². The number of fused-ring (bicyclic) bond motifs is 1. The maximum Gasteiger partial charge on any atom is 0.154 e. The van der Waals surface area contributed by atoms with Crippen LogP contribution in [0.2, 0.25) is 0 Å². The lowest BCUT2D eigenvalue weighted by atomic mass is 10.00. The molecule has 4 N–H and O–H groups in total. The summed E-state index contributed by atoms with van der Waals surface area (Å²) in [6.07, 6.45) is 0.206. The van der Waals surface area contributed by atoms with Gasteiger partial charge in [0.25, 0.3) is 0 Å². The smallest absolute Gasteiger partial charge is 0.154 e. The molecule has 0 aromatic heterocycles. The van der Waals surface area contributed by atoms with Crippen molar-refractivity contribution in [1.82, 2.24) is 11.0 Å². The predicted octanol–water partition coefficient (Wildman–Crippen LogP) is 0.273. The second-order valence-corrected chi connectivity index (χ2v) is 3.10. The maximum atomic E-state index is 8.86. The molecule has 1 unspecified atom stereocenters. The fourth-order valence-electron chi connectivity index (χ4n) is 1.57. The molecule has 5 nitrogen and oxygen atoms in total. The van der Waals surface area contributed by atoms with E-state index in [4.69, 9.17) is 10.4 Å². The van der Waals surface area contributed by atoms with Crippen LogP contribution in [-0.4, -0.2) is 22.4 Å². The summed E-state index contributed by atoms with van der Waals surface area (Å²) in [6, 6.07) is 7.59. The van der Waals surface area contributed by atoms with Crippen LogP contribution in [0.4, 0.5) is 0 Å². The van der Waals surface area contributed by atoms with Crippen molar-refractivity contribution in [3.63, 3.8) is 0 Å². The summed E-state index contributed by atoms with van der Waals surface area (Å²) in [6.45, 7) is 0. The van der Waals surface area contributed by atoms with E-state index in [9.17, 15) is 0 Å². The van der Waals surface area contributed by atoms with Gasteiger partial charge < -0.3 is 5.21 Å². The normalized spacial score (nSPS) is 19.9. The second-order valence-electron chi connectivity index (χ2n) is 3.10. The average Bonchev–Trinajstić information content (AvgIpc) is 2.27. The third-order valence-corrected chi connectivity index (χ3v) is 2.23. The molecule has 0 aliphatic carbocycles. The molecule has 0 spiro atoms. The van der Waals surface area contributed by atoms with Crippen LogP contribution in [0.3, 0.4) is 0 Å². The van der Waals surface area contributed by atoms with E-state index in [1.807, 2.05) is 29.7 Å². The second kappa shape index (κ2) is 3.75. The van der Waals surface area contributed by atoms with Crippen LogP contribution in [0.5, 0.6) is 0 Å². The van der Waals surface area contributed by atoms with E-state index < -0.39 is 6.17 Å². The fourth-order valence-corrected chi connectivity index (χ4v) is 1.57. The van der Waals surface area contributed by atoms with Crippen LogP contribution < -0.4 is 11.0 Å². The Balaban J connectivity index is 2.42. The molecule has 14 heavy (non-hydrogen) atoms. The summed E-state index contributed by atoms with van der Waals surface area (Å²) in [4.78, 5) is 4.05. The molecule has 1 aliphatic rings. The van der Waals surface area contributed by atoms with Gasteiger partial charge in [-0.15, -0.1) is 0 Å². The lowest BCUT2D eigenvalue weighted by Gasteiger charge is -2.21. The summed E-state index contributed by atoms with van der Waals surface area (Å²) >= 11 is 0. The molecule has 1 aliphatic heterocycles. The number of nitrogens with zero attached hydrogens (tertiary/aromatic N) is 1. The topological polar surface area (TPSA) is 76.9 Å². The number of hydroxylamine groups is 2. The first-order valence-corrected chi connectivity index (χ1v) is 4.31. The SMILES string of the molecule is ONC1=NC(NO)Cc2ccccc21. The Morgan fingerprint density at radius 1 is 1.29 bits per heavy atom. The average molecular weight is 193 g/mol. The Morgan fingerprint density at radius 2 is 2.07 bits per heavy atom. The third kappa shape index (κ3) is 1.48. The molecule has 1 aromatic rings. The van der Waals surface area contributed by atoms with E-state index in [-0.39, 0.29) is 0 Å². The number of hydrogen-bond donors (Lipinski definition) is 4. The summed E-state index contributed by atoms with van der Waals surface area (Å²) in [5, 5.41) is 17.6. The van der Waals surface area contributed by atoms with Gasteiger partial charge in [0.2, 0.25) is 0 Å². The Bertz CT molecular complexity index is 365. The van der Waals surface area contributed by atoms with Gasteiger partial charge in [-0.1, -0.05) is 24.3 Å². The van der Waals surface area contributed by atoms with Gasteiger partial charge in [-0.3, -0.25) is 10.7 Å². The van der Waals surface area contributed by atoms with Gasteiger partial charge in [0.05, 0.1) is 0 Å². The highest BCUT2D eigenvalue weighted by Crippen LogP contribution is 2.17. The first-order valence-electron chi connectivity index (χ1n) is 4.31. The van der Waals surface area contributed by atoms with Crippen LogP contribution in [0, 0.1) is 0 Å². The van der Waals surface area contributed by atoms with Gasteiger partial charge in [-0.2, -0.15) is 5.48 Å². The van der Waals surface area contributed by atoms with Crippen LogP contribution in [0.1, 0.15) is 11.1 Å². The van der Waals surface area contributed by atoms with Gasteiger partial charge in [-0.25, -0.2) is 4.99 Å². The van der Waals surface area contributed by atoms with E-state index in [2.05, 4.69) is 10.5 Å². The quantitative estimate of drug-likeness (QED) is 0.483. The number of benzene rings is 1. The van der Waals surface area contributed by atoms with E-state index >= 15 is 0 Å². The van der Waals surface area contributed by atoms with Crippen molar-refractivity contribution in [3.8, 4) is 0 Å². The fraction of sp³-hybridized carbons (Fsp3) is 0.222. The summed E-state index contributed by atoms with van der Waals surface area (Å²) in [5.74, 6) is 0.374. The van der Waals surface area contributed by atoms with Gasteiger partial charge in [-0.05, 0) is 5.56 Å². The van der Waals surface area contributed by atoms with E-state index in [1.165, 1.54) is 0 Å². The van der Waals surface area contributed by atoms with Crippen molar-refractivity contribution in [2.75, 3.05) is 0 Å². The Morgan fingerprint density at radius 3 is 2.79 bits per heavy atom. The first-order chi connectivity index (χ1) is 6.85. The molecule has 1 atom stereocenters. The maximum absolute atomic E-state index is 8.86. The molecule has 0 saturated carbocycles. The molecule has 0 fully saturated rings. The minimum Gasteiger partial charge on any atom is -0.315 e. The van der Waals surface area contributed by atoms with Crippen molar-refractivity contribution in [3.05, 3.63) is 35.4 Å². The van der Waals surface area contributed by atoms with Crippen LogP contribution in [0.25, 0.3) is 0 Å². The highest BCUT2D eigenvalue weighted by Gasteiger charge is 2.19. The lowest BCUT2D eigenvalue weighted by Crippen LogP contribution is -2.35. The van der Waals surface area contributed by atoms with Crippen molar-refractivity contribution < 1.29 is 10.4 Å². The molecule has 1 heterocycles. The van der Waals surface area contributed by atoms with Gasteiger partial charge in [0.1, 0.15) is 6.17 Å². The van der Waals surface area contributed by atoms with Crippen molar-refractivity contribution >= 4 is 5.84 Å². The molecule has 1 aromatic carbocycles. The number of aliphatic imine (C=N–C) groups is 1. The number of rotatable bonds is 1. The highest BCUT2D eigenvalue weighted by molar-refractivity contribution is 6.00. The lowest BCUT2D eigenvalue weighted by molar-refractivity contribution is 0.127. The molecule has 2 rings (SSSR count). The zero-order valence-corrected chi connectivity index (χ0v) is 7.44. The first kappa shape index (κ1) is 9.14. The Hall–Kier alpha value is -1.43. The minimum absolute atomic E-state index is 0.374. The molecule has 0 radical (unpaired) electrons. The summed E-state index contributed by atoms with van der Waals surface area (Å²) < 4.78 is 0. The molecule has 0 bridgehead atoms. The monoisotopic (exact) mass is 193 g/mol. The van der Waals surface area contributed by atoms with E-state index in [0.29, 0.717) is 12.3 Å². The standard InChI is InChI=1S/C9H11N3O2/c13-11-8-5-6-3-1-2-4-7(6)9(10-8)12-14/h1-4,8,11,13-14H,5H2,(H,10,12). The van der Waals surface area contributed by atoms with Crippen molar-refractivity contribution in [1.29, 1.82) is 0 Å². The van der Waals surface area contributed by atoms with E-state index in [0.717, 1.165) is 11.1 Å². The Labute approximate surface area is 81.0 Å². The minimum atomic E-state index is -0.403. The number of amidine groups is 1. The van der Waals surface area contributed by atoms with Gasteiger partial charge in [0, 0.05) is 12.0 Å². The molecule has 0 saturated heterocycles. The zero-order valence-electron chi connectivity index (χ0n) is 7.44. The molecule has 0 amide bonds. The largest absolute Gasteiger partial charge is 0.315 e. The zero-order chi connectivity index (χ0) is 9.97. The van der Waals surface area contributed by atoms with E-state index in [1.54, 1.807) is 0 Å². The van der Waals surface area contributed by atoms with Crippen LogP contribution >= 0.6 is 0 Å². The Kier molecular flexibility index (Phi) is 2.45. The van der Waals surface area contributed by atoms with Crippen LogP contribution in [0.15, 0.2) is 29.3 Å². The van der Waals surface area contributed by atoms with Crippen molar-refractivity contribution in [2.45, 2.75) is 12.6 Å². The molecular weight excluding hydrogens is 182 g/mol. The van der Waals surface area contributed by atoms with Gasteiger partial charge in [0.15, 0.2) is 5.84 Å².